The summed E-state index contributed by atoms with van der Waals surface area (Å²) in [5.74, 6) is -1.54. The average molecular weight is 348 g/mol. The van der Waals surface area contributed by atoms with E-state index < -0.39 is 52.3 Å². The Bertz CT molecular complexity index is 396. The number of carbonyl (C=O) groups is 2. The molecule has 0 aromatic carbocycles. The smallest absolute Gasteiger partial charge is 0.326 e. The van der Waals surface area contributed by atoms with Gasteiger partial charge in [0.15, 0.2) is 0 Å². The van der Waals surface area contributed by atoms with Gasteiger partial charge >= 0.3 is 27.1 Å². The van der Waals surface area contributed by atoms with Crippen molar-refractivity contribution >= 4 is 27.1 Å². The summed E-state index contributed by atoms with van der Waals surface area (Å²) in [4.78, 5) is 56.2. The molecule has 0 aromatic rings. The van der Waals surface area contributed by atoms with Crippen LogP contribution in [0.3, 0.4) is 0 Å². The summed E-state index contributed by atoms with van der Waals surface area (Å²) in [6.07, 6.45) is -1.84. The predicted octanol–water partition coefficient (Wildman–Crippen LogP) is -0.402. The fourth-order valence-electron chi connectivity index (χ4n) is 1.05. The third-order valence-electron chi connectivity index (χ3n) is 2.03. The Balaban J connectivity index is 3.59. The molecule has 12 heteroatoms. The van der Waals surface area contributed by atoms with Crippen molar-refractivity contribution in [2.24, 2.45) is 0 Å². The van der Waals surface area contributed by atoms with E-state index in [1.165, 1.54) is 0 Å². The lowest BCUT2D eigenvalue weighted by Gasteiger charge is -2.07. The number of esters is 2. The van der Waals surface area contributed by atoms with Crippen molar-refractivity contribution in [2.75, 3.05) is 25.5 Å². The predicted molar refractivity (Wildman–Crippen MR) is 69.6 cm³/mol. The van der Waals surface area contributed by atoms with E-state index in [0.29, 0.717) is 0 Å². The summed E-state index contributed by atoms with van der Waals surface area (Å²) in [5, 5.41) is 0. The largest absolute Gasteiger partial charge is 0.466 e. The fourth-order valence-corrected chi connectivity index (χ4v) is 2.00. The number of hydrogen-bond donors (Lipinski definition) is 4. The molecule has 0 aliphatic heterocycles. The highest BCUT2D eigenvalue weighted by Crippen LogP contribution is 2.35. The molecule has 21 heavy (non-hydrogen) atoms. The van der Waals surface area contributed by atoms with Crippen molar-refractivity contribution in [3.63, 3.8) is 0 Å². The van der Waals surface area contributed by atoms with Crippen LogP contribution in [0.15, 0.2) is 0 Å². The average Bonchev–Trinajstić information content (AvgIpc) is 2.32. The molecule has 0 rings (SSSR count). The lowest BCUT2D eigenvalue weighted by molar-refractivity contribution is -0.145. The fraction of sp³-hybridized carbons (Fsp3) is 0.778. The number of hydrogen-bond acceptors (Lipinski definition) is 6. The molecule has 0 saturated carbocycles. The maximum Gasteiger partial charge on any atom is 0.326 e. The van der Waals surface area contributed by atoms with Crippen LogP contribution in [0.2, 0.25) is 0 Å². The Hall–Kier alpha value is -0.760. The zero-order valence-corrected chi connectivity index (χ0v) is 12.9. The van der Waals surface area contributed by atoms with E-state index in [-0.39, 0.29) is 19.6 Å². The van der Waals surface area contributed by atoms with Gasteiger partial charge in [-0.2, -0.15) is 0 Å². The normalized spacial score (nSPS) is 12.0. The summed E-state index contributed by atoms with van der Waals surface area (Å²) < 4.78 is 30.3. The van der Waals surface area contributed by atoms with Crippen LogP contribution in [0, 0.1) is 0 Å². The monoisotopic (exact) mass is 348 g/mol. The minimum absolute atomic E-state index is 0.0915. The van der Waals surface area contributed by atoms with E-state index in [9.17, 15) is 18.7 Å². The van der Waals surface area contributed by atoms with Crippen LogP contribution in [-0.4, -0.2) is 57.0 Å². The highest BCUT2D eigenvalue weighted by atomic mass is 31.2. The van der Waals surface area contributed by atoms with Gasteiger partial charge in [-0.25, -0.2) is 0 Å². The first-order chi connectivity index (χ1) is 9.49. The molecule has 0 radical (unpaired) electrons. The van der Waals surface area contributed by atoms with E-state index in [1.54, 1.807) is 0 Å². The van der Waals surface area contributed by atoms with E-state index in [1.807, 2.05) is 0 Å². The SMILES string of the molecule is O=C(CCP(=O)(O)O)OCCCOC(=O)CCP(=O)(O)O. The molecule has 0 amide bonds. The molecule has 0 aromatic heterocycles. The first kappa shape index (κ1) is 20.2. The Morgan fingerprint density at radius 3 is 1.38 bits per heavy atom. The molecule has 0 atom stereocenters. The molecule has 0 spiro atoms. The van der Waals surface area contributed by atoms with Crippen LogP contribution in [0.1, 0.15) is 19.3 Å². The molecule has 0 heterocycles. The third kappa shape index (κ3) is 15.4. The van der Waals surface area contributed by atoms with Crippen molar-refractivity contribution in [2.45, 2.75) is 19.3 Å². The Kier molecular flexibility index (Phi) is 8.96. The van der Waals surface area contributed by atoms with Crippen LogP contribution in [0.4, 0.5) is 0 Å². The van der Waals surface area contributed by atoms with Crippen LogP contribution in [0.5, 0.6) is 0 Å². The van der Waals surface area contributed by atoms with Crippen molar-refractivity contribution in [3.05, 3.63) is 0 Å². The molecule has 10 nitrogen and oxygen atoms in total. The third-order valence-corrected chi connectivity index (χ3v) is 3.64. The van der Waals surface area contributed by atoms with Gasteiger partial charge in [0, 0.05) is 6.42 Å². The Morgan fingerprint density at radius 1 is 0.762 bits per heavy atom. The minimum atomic E-state index is -4.23. The quantitative estimate of drug-likeness (QED) is 0.231. The molecule has 0 fully saturated rings. The second kappa shape index (κ2) is 9.30. The van der Waals surface area contributed by atoms with Gasteiger partial charge in [-0.15, -0.1) is 0 Å². The number of carbonyl (C=O) groups excluding carboxylic acids is 2. The highest BCUT2D eigenvalue weighted by Gasteiger charge is 2.17. The van der Waals surface area contributed by atoms with Crippen molar-refractivity contribution in [3.8, 4) is 0 Å². The van der Waals surface area contributed by atoms with E-state index >= 15 is 0 Å². The molecule has 124 valence electrons. The van der Waals surface area contributed by atoms with Gasteiger partial charge in [-0.05, 0) is 0 Å². The second-order valence-electron chi connectivity index (χ2n) is 4.07. The van der Waals surface area contributed by atoms with Crippen LogP contribution in [-0.2, 0) is 28.2 Å². The topological polar surface area (TPSA) is 168 Å². The maximum absolute atomic E-state index is 11.0. The molecule has 0 aliphatic carbocycles. The molecular formula is C9H18O10P2. The Labute approximate surface area is 120 Å². The molecule has 0 bridgehead atoms. The van der Waals surface area contributed by atoms with Gasteiger partial charge in [-0.3, -0.25) is 18.7 Å². The zero-order valence-electron chi connectivity index (χ0n) is 11.1. The van der Waals surface area contributed by atoms with Crippen LogP contribution in [0.25, 0.3) is 0 Å². The Morgan fingerprint density at radius 2 is 1.10 bits per heavy atom. The van der Waals surface area contributed by atoms with Crippen LogP contribution >= 0.6 is 15.2 Å². The molecule has 0 saturated heterocycles. The van der Waals surface area contributed by atoms with Crippen molar-refractivity contribution in [1.29, 1.82) is 0 Å². The summed E-state index contributed by atoms with van der Waals surface area (Å²) in [5.41, 5.74) is 0. The molecule has 0 unspecified atom stereocenters. The summed E-state index contributed by atoms with van der Waals surface area (Å²) in [6.45, 7) is -0.183. The molecular weight excluding hydrogens is 330 g/mol. The second-order valence-corrected chi connectivity index (χ2v) is 7.62. The van der Waals surface area contributed by atoms with Gasteiger partial charge in [0.2, 0.25) is 0 Å². The van der Waals surface area contributed by atoms with Gasteiger partial charge < -0.3 is 29.0 Å². The van der Waals surface area contributed by atoms with E-state index in [2.05, 4.69) is 9.47 Å². The minimum Gasteiger partial charge on any atom is -0.466 e. The number of rotatable bonds is 10. The standard InChI is InChI=1S/C9H18O10P2/c10-8(2-6-20(12,13)14)18-4-1-5-19-9(11)3-7-21(15,16)17/h1-7H2,(H2,12,13,14)(H2,15,16,17). The van der Waals surface area contributed by atoms with Gasteiger partial charge in [0.25, 0.3) is 0 Å². The highest BCUT2D eigenvalue weighted by molar-refractivity contribution is 7.52. The lowest BCUT2D eigenvalue weighted by atomic mass is 10.4. The maximum atomic E-state index is 11.0. The van der Waals surface area contributed by atoms with Crippen LogP contribution < -0.4 is 0 Å². The summed E-state index contributed by atoms with van der Waals surface area (Å²) >= 11 is 0. The van der Waals surface area contributed by atoms with Gasteiger partial charge in [0.1, 0.15) is 0 Å². The van der Waals surface area contributed by atoms with E-state index in [0.717, 1.165) is 0 Å². The molecule has 4 N–H and O–H groups in total. The number of ether oxygens (including phenoxy) is 2. The van der Waals surface area contributed by atoms with Crippen molar-refractivity contribution < 1.29 is 47.8 Å². The first-order valence-corrected chi connectivity index (χ1v) is 9.49. The summed E-state index contributed by atoms with van der Waals surface area (Å²) in [6, 6.07) is 0. The first-order valence-electron chi connectivity index (χ1n) is 5.90. The van der Waals surface area contributed by atoms with Gasteiger partial charge in [-0.1, -0.05) is 0 Å². The lowest BCUT2D eigenvalue weighted by Crippen LogP contribution is -2.12. The zero-order chi connectivity index (χ0) is 16.5. The van der Waals surface area contributed by atoms with Gasteiger partial charge in [0.05, 0.1) is 38.4 Å². The summed E-state index contributed by atoms with van der Waals surface area (Å²) in [7, 11) is -8.47. The molecule has 0 aliphatic rings. The van der Waals surface area contributed by atoms with E-state index in [4.69, 9.17) is 19.6 Å². The van der Waals surface area contributed by atoms with Crippen molar-refractivity contribution in [1.82, 2.24) is 0 Å².